The second kappa shape index (κ2) is 9.83. The van der Waals surface area contributed by atoms with Crippen molar-refractivity contribution in [3.8, 4) is 0 Å². The van der Waals surface area contributed by atoms with E-state index >= 15 is 0 Å². The summed E-state index contributed by atoms with van der Waals surface area (Å²) < 4.78 is 0. The monoisotopic (exact) mass is 288 g/mol. The molecule has 0 spiro atoms. The van der Waals surface area contributed by atoms with Crippen LogP contribution in [0.15, 0.2) is 24.3 Å². The lowest BCUT2D eigenvalue weighted by molar-refractivity contribution is 0.480. The van der Waals surface area contributed by atoms with Gasteiger partial charge in [-0.2, -0.15) is 0 Å². The van der Waals surface area contributed by atoms with Gasteiger partial charge in [0.2, 0.25) is 0 Å². The summed E-state index contributed by atoms with van der Waals surface area (Å²) in [6, 6.07) is 9.28. The van der Waals surface area contributed by atoms with Gasteiger partial charge in [-0.15, -0.1) is 0 Å². The van der Waals surface area contributed by atoms with Gasteiger partial charge in [0, 0.05) is 18.3 Å². The Morgan fingerprint density at radius 2 is 1.24 bits per heavy atom. The van der Waals surface area contributed by atoms with Crippen molar-refractivity contribution < 1.29 is 0 Å². The van der Waals surface area contributed by atoms with Crippen molar-refractivity contribution in [3.05, 3.63) is 29.8 Å². The summed E-state index contributed by atoms with van der Waals surface area (Å²) >= 11 is 0. The molecule has 0 aliphatic heterocycles. The highest BCUT2D eigenvalue weighted by molar-refractivity contribution is 5.45. The van der Waals surface area contributed by atoms with Gasteiger partial charge in [0.1, 0.15) is 0 Å². The highest BCUT2D eigenvalue weighted by atomic mass is 14.9. The van der Waals surface area contributed by atoms with Crippen molar-refractivity contribution in [1.82, 2.24) is 0 Å². The van der Waals surface area contributed by atoms with Gasteiger partial charge in [-0.25, -0.2) is 0 Å². The number of hydrogen-bond donors (Lipinski definition) is 2. The molecule has 0 radical (unpaired) electrons. The summed E-state index contributed by atoms with van der Waals surface area (Å²) in [5, 5.41) is 3.74. The molecule has 1 saturated carbocycles. The molecule has 1 aliphatic carbocycles. The van der Waals surface area contributed by atoms with Gasteiger partial charge in [-0.05, 0) is 30.5 Å². The first-order valence-electron chi connectivity index (χ1n) is 8.94. The van der Waals surface area contributed by atoms with Crippen molar-refractivity contribution in [3.63, 3.8) is 0 Å². The molecule has 0 atom stereocenters. The smallest absolute Gasteiger partial charge is 0.0342 e. The molecule has 2 rings (SSSR count). The Kier molecular flexibility index (Phi) is 7.66. The van der Waals surface area contributed by atoms with E-state index in [1.54, 1.807) is 0 Å². The van der Waals surface area contributed by atoms with Crippen LogP contribution in [0.5, 0.6) is 0 Å². The molecule has 0 amide bonds. The minimum absolute atomic E-state index is 0.629. The zero-order valence-corrected chi connectivity index (χ0v) is 13.4. The van der Waals surface area contributed by atoms with Gasteiger partial charge in [0.25, 0.3) is 0 Å². The van der Waals surface area contributed by atoms with E-state index in [9.17, 15) is 0 Å². The molecule has 0 aromatic heterocycles. The maximum atomic E-state index is 5.66. The summed E-state index contributed by atoms with van der Waals surface area (Å²) in [5.74, 6) is 0. The number of anilines is 1. The van der Waals surface area contributed by atoms with E-state index in [0.29, 0.717) is 12.6 Å². The van der Waals surface area contributed by atoms with Crippen molar-refractivity contribution in [2.75, 3.05) is 5.32 Å². The summed E-state index contributed by atoms with van der Waals surface area (Å²) in [7, 11) is 0. The topological polar surface area (TPSA) is 38.0 Å². The molecule has 3 N–H and O–H groups in total. The predicted molar refractivity (Wildman–Crippen MR) is 92.5 cm³/mol. The van der Waals surface area contributed by atoms with E-state index < -0.39 is 0 Å². The molecule has 0 unspecified atom stereocenters. The van der Waals surface area contributed by atoms with E-state index in [1.807, 2.05) is 0 Å². The molecule has 1 aromatic carbocycles. The van der Waals surface area contributed by atoms with Crippen LogP contribution in [0.2, 0.25) is 0 Å². The lowest BCUT2D eigenvalue weighted by Gasteiger charge is -2.21. The Labute approximate surface area is 130 Å². The molecule has 118 valence electrons. The van der Waals surface area contributed by atoms with E-state index in [0.717, 1.165) is 0 Å². The molecule has 2 nitrogen and oxygen atoms in total. The molecule has 1 aromatic rings. The third-order valence-electron chi connectivity index (χ3n) is 4.67. The minimum atomic E-state index is 0.629. The Bertz CT molecular complexity index is 360. The van der Waals surface area contributed by atoms with Crippen LogP contribution >= 0.6 is 0 Å². The summed E-state index contributed by atoms with van der Waals surface area (Å²) in [6.07, 6.45) is 15.4. The summed E-state index contributed by atoms with van der Waals surface area (Å²) in [4.78, 5) is 0. The van der Waals surface area contributed by atoms with E-state index in [2.05, 4.69) is 29.6 Å². The number of nitrogens with one attached hydrogen (secondary N) is 1. The first kappa shape index (κ1) is 16.4. The van der Waals surface area contributed by atoms with Gasteiger partial charge in [-0.1, -0.05) is 69.9 Å². The quantitative estimate of drug-likeness (QED) is 0.799. The maximum absolute atomic E-state index is 5.66. The van der Waals surface area contributed by atoms with Crippen LogP contribution in [-0.2, 0) is 6.54 Å². The Hall–Kier alpha value is -1.02. The highest BCUT2D eigenvalue weighted by Crippen LogP contribution is 2.20. The zero-order chi connectivity index (χ0) is 14.8. The van der Waals surface area contributed by atoms with Crippen molar-refractivity contribution in [1.29, 1.82) is 0 Å². The van der Waals surface area contributed by atoms with Crippen molar-refractivity contribution in [2.45, 2.75) is 83.2 Å². The minimum Gasteiger partial charge on any atom is -0.382 e. The van der Waals surface area contributed by atoms with Crippen molar-refractivity contribution >= 4 is 5.69 Å². The van der Waals surface area contributed by atoms with E-state index in [-0.39, 0.29) is 0 Å². The lowest BCUT2D eigenvalue weighted by atomic mass is 9.97. The number of benzene rings is 1. The fourth-order valence-corrected chi connectivity index (χ4v) is 3.28. The largest absolute Gasteiger partial charge is 0.382 e. The van der Waals surface area contributed by atoms with Crippen LogP contribution in [0.4, 0.5) is 5.69 Å². The van der Waals surface area contributed by atoms with Crippen LogP contribution in [0, 0.1) is 0 Å². The number of nitrogens with two attached hydrogens (primary N) is 1. The van der Waals surface area contributed by atoms with Crippen LogP contribution in [0.3, 0.4) is 0 Å². The maximum Gasteiger partial charge on any atom is 0.0342 e. The first-order valence-corrected chi connectivity index (χ1v) is 8.94. The van der Waals surface area contributed by atoms with Gasteiger partial charge in [0.15, 0.2) is 0 Å². The average molecular weight is 288 g/mol. The van der Waals surface area contributed by atoms with Crippen LogP contribution in [-0.4, -0.2) is 6.04 Å². The number of hydrogen-bond acceptors (Lipinski definition) is 2. The second-order valence-electron chi connectivity index (χ2n) is 6.50. The summed E-state index contributed by atoms with van der Waals surface area (Å²) in [5.41, 5.74) is 8.12. The van der Waals surface area contributed by atoms with E-state index in [1.165, 1.54) is 81.9 Å². The molecule has 2 heteroatoms. The Balaban J connectivity index is 1.84. The van der Waals surface area contributed by atoms with Gasteiger partial charge in [0.05, 0.1) is 0 Å². The number of rotatable bonds is 3. The summed E-state index contributed by atoms with van der Waals surface area (Å²) in [6.45, 7) is 0.629. The molecular formula is C19H32N2. The molecule has 1 fully saturated rings. The fraction of sp³-hybridized carbons (Fsp3) is 0.684. The molecular weight excluding hydrogens is 256 g/mol. The highest BCUT2D eigenvalue weighted by Gasteiger charge is 2.09. The predicted octanol–water partition coefficient (Wildman–Crippen LogP) is 5.23. The SMILES string of the molecule is NCc1ccc(NC2CCCCCCCCCCC2)cc1. The van der Waals surface area contributed by atoms with Crippen LogP contribution < -0.4 is 11.1 Å². The van der Waals surface area contributed by atoms with Crippen molar-refractivity contribution in [2.24, 2.45) is 5.73 Å². The molecule has 0 bridgehead atoms. The van der Waals surface area contributed by atoms with Crippen LogP contribution in [0.25, 0.3) is 0 Å². The molecule has 0 saturated heterocycles. The molecule has 0 heterocycles. The van der Waals surface area contributed by atoms with Crippen LogP contribution in [0.1, 0.15) is 76.2 Å². The Morgan fingerprint density at radius 3 is 1.71 bits per heavy atom. The third kappa shape index (κ3) is 6.52. The van der Waals surface area contributed by atoms with Gasteiger partial charge in [-0.3, -0.25) is 0 Å². The molecule has 1 aliphatic rings. The average Bonchev–Trinajstić information content (AvgIpc) is 2.51. The third-order valence-corrected chi connectivity index (χ3v) is 4.67. The van der Waals surface area contributed by atoms with Gasteiger partial charge < -0.3 is 11.1 Å². The lowest BCUT2D eigenvalue weighted by Crippen LogP contribution is -2.19. The zero-order valence-electron chi connectivity index (χ0n) is 13.4. The second-order valence-corrected chi connectivity index (χ2v) is 6.50. The molecule has 21 heavy (non-hydrogen) atoms. The Morgan fingerprint density at radius 1 is 0.762 bits per heavy atom. The normalized spacial score (nSPS) is 19.5. The fourth-order valence-electron chi connectivity index (χ4n) is 3.28. The standard InChI is InChI=1S/C19H32N2/c20-16-17-12-14-19(15-13-17)21-18-10-8-6-4-2-1-3-5-7-9-11-18/h12-15,18,21H,1-11,16,20H2. The first-order chi connectivity index (χ1) is 10.4. The van der Waals surface area contributed by atoms with E-state index in [4.69, 9.17) is 5.73 Å². The van der Waals surface area contributed by atoms with Gasteiger partial charge >= 0.3 is 0 Å².